The fraction of sp³-hybridized carbons (Fsp3) is 0.385. The Labute approximate surface area is 85.1 Å². The van der Waals surface area contributed by atoms with E-state index in [0.717, 1.165) is 0 Å². The molecule has 0 spiro atoms. The first-order valence-corrected chi connectivity index (χ1v) is 5.35. The van der Waals surface area contributed by atoms with Crippen molar-refractivity contribution in [2.75, 3.05) is 7.05 Å². The van der Waals surface area contributed by atoms with E-state index in [0.29, 0.717) is 12.0 Å². The molecule has 0 saturated carbocycles. The van der Waals surface area contributed by atoms with Crippen molar-refractivity contribution in [2.24, 2.45) is 5.92 Å². The summed E-state index contributed by atoms with van der Waals surface area (Å²) in [6.45, 7) is 0. The Morgan fingerprint density at radius 3 is 3.07 bits per heavy atom. The van der Waals surface area contributed by atoms with Crippen LogP contribution < -0.4 is 0 Å². The van der Waals surface area contributed by atoms with Crippen molar-refractivity contribution in [1.82, 2.24) is 4.90 Å². The summed E-state index contributed by atoms with van der Waals surface area (Å²) in [5.41, 5.74) is 3.10. The Balaban J connectivity index is 2.06. The molecule has 0 aromatic heterocycles. The summed E-state index contributed by atoms with van der Waals surface area (Å²) < 4.78 is 0. The van der Waals surface area contributed by atoms with Crippen molar-refractivity contribution in [3.8, 4) is 0 Å². The maximum absolute atomic E-state index is 2.45. The lowest BCUT2D eigenvalue weighted by Gasteiger charge is -2.26. The molecule has 14 heavy (non-hydrogen) atoms. The van der Waals surface area contributed by atoms with Crippen LogP contribution in [0.2, 0.25) is 0 Å². The maximum Gasteiger partial charge on any atom is 0.0574 e. The standard InChI is InChI=1S/C13H15N/c1-14-12-8-4-2-6-10(12)11-7-3-5-9-13(11)14/h2-4,6-8,10,12H,5,9H2,1H3. The zero-order valence-corrected chi connectivity index (χ0v) is 8.48. The van der Waals surface area contributed by atoms with E-state index in [4.69, 9.17) is 0 Å². The van der Waals surface area contributed by atoms with Crippen LogP contribution in [0.25, 0.3) is 0 Å². The van der Waals surface area contributed by atoms with Crippen molar-refractivity contribution in [3.63, 3.8) is 0 Å². The Morgan fingerprint density at radius 2 is 2.14 bits per heavy atom. The number of hydrogen-bond acceptors (Lipinski definition) is 1. The van der Waals surface area contributed by atoms with Gasteiger partial charge in [-0.1, -0.05) is 36.5 Å². The van der Waals surface area contributed by atoms with Gasteiger partial charge in [0.25, 0.3) is 0 Å². The van der Waals surface area contributed by atoms with Crippen LogP contribution in [0.15, 0.2) is 47.7 Å². The number of likely N-dealkylation sites (N-methyl/N-ethyl adjacent to an activating group) is 1. The summed E-state index contributed by atoms with van der Waals surface area (Å²) in [5.74, 6) is 0.608. The highest BCUT2D eigenvalue weighted by molar-refractivity contribution is 5.43. The van der Waals surface area contributed by atoms with Gasteiger partial charge in [0, 0.05) is 18.7 Å². The van der Waals surface area contributed by atoms with E-state index < -0.39 is 0 Å². The minimum Gasteiger partial charge on any atom is -0.370 e. The first-order chi connectivity index (χ1) is 6.88. The predicted octanol–water partition coefficient (Wildman–Crippen LogP) is 2.65. The zero-order valence-electron chi connectivity index (χ0n) is 8.48. The molecule has 0 amide bonds. The van der Waals surface area contributed by atoms with Crippen molar-refractivity contribution in [3.05, 3.63) is 47.7 Å². The molecule has 3 rings (SSSR count). The van der Waals surface area contributed by atoms with Crippen LogP contribution in [-0.4, -0.2) is 18.0 Å². The van der Waals surface area contributed by atoms with E-state index in [2.05, 4.69) is 48.4 Å². The van der Waals surface area contributed by atoms with Crippen LogP contribution in [-0.2, 0) is 0 Å². The van der Waals surface area contributed by atoms with Gasteiger partial charge in [-0.2, -0.15) is 0 Å². The topological polar surface area (TPSA) is 3.24 Å². The minimum atomic E-state index is 0.577. The summed E-state index contributed by atoms with van der Waals surface area (Å²) in [4.78, 5) is 2.45. The number of nitrogens with zero attached hydrogens (tertiary/aromatic N) is 1. The molecule has 1 heterocycles. The second kappa shape index (κ2) is 2.88. The maximum atomic E-state index is 2.45. The van der Waals surface area contributed by atoms with Gasteiger partial charge >= 0.3 is 0 Å². The fourth-order valence-corrected chi connectivity index (χ4v) is 2.79. The normalized spacial score (nSPS) is 33.6. The second-order valence-corrected chi connectivity index (χ2v) is 4.24. The molecule has 2 aliphatic carbocycles. The lowest BCUT2D eigenvalue weighted by molar-refractivity contribution is 0.347. The minimum absolute atomic E-state index is 0.577. The quantitative estimate of drug-likeness (QED) is 0.561. The van der Waals surface area contributed by atoms with Crippen molar-refractivity contribution < 1.29 is 0 Å². The lowest BCUT2D eigenvalue weighted by Crippen LogP contribution is -2.29. The molecular formula is C13H15N. The van der Waals surface area contributed by atoms with Crippen LogP contribution in [0.4, 0.5) is 0 Å². The Bertz CT molecular complexity index is 371. The van der Waals surface area contributed by atoms with Gasteiger partial charge in [0.05, 0.1) is 6.04 Å². The first-order valence-electron chi connectivity index (χ1n) is 5.35. The molecule has 1 nitrogen and oxygen atoms in total. The van der Waals surface area contributed by atoms with E-state index >= 15 is 0 Å². The number of rotatable bonds is 0. The molecule has 0 N–H and O–H groups in total. The third kappa shape index (κ3) is 0.955. The van der Waals surface area contributed by atoms with E-state index in [9.17, 15) is 0 Å². The molecular weight excluding hydrogens is 170 g/mol. The highest BCUT2D eigenvalue weighted by Crippen LogP contribution is 2.40. The molecule has 0 fully saturated rings. The Kier molecular flexibility index (Phi) is 1.66. The van der Waals surface area contributed by atoms with Gasteiger partial charge < -0.3 is 4.90 Å². The van der Waals surface area contributed by atoms with E-state index in [1.54, 1.807) is 11.3 Å². The van der Waals surface area contributed by atoms with Crippen molar-refractivity contribution in [2.45, 2.75) is 18.9 Å². The van der Waals surface area contributed by atoms with E-state index in [1.165, 1.54) is 12.8 Å². The van der Waals surface area contributed by atoms with Crippen LogP contribution in [0, 0.1) is 5.92 Å². The van der Waals surface area contributed by atoms with E-state index in [-0.39, 0.29) is 0 Å². The first kappa shape index (κ1) is 8.10. The zero-order chi connectivity index (χ0) is 9.54. The van der Waals surface area contributed by atoms with Crippen molar-refractivity contribution >= 4 is 0 Å². The number of allylic oxidation sites excluding steroid dienone is 5. The van der Waals surface area contributed by atoms with Gasteiger partial charge in [-0.15, -0.1) is 0 Å². The summed E-state index contributed by atoms with van der Waals surface area (Å²) >= 11 is 0. The van der Waals surface area contributed by atoms with Gasteiger partial charge in [0.1, 0.15) is 0 Å². The lowest BCUT2D eigenvalue weighted by atomic mass is 9.89. The van der Waals surface area contributed by atoms with Gasteiger partial charge in [-0.05, 0) is 18.4 Å². The Morgan fingerprint density at radius 1 is 1.29 bits per heavy atom. The Hall–Kier alpha value is -1.24. The summed E-state index contributed by atoms with van der Waals surface area (Å²) in [7, 11) is 2.22. The van der Waals surface area contributed by atoms with Crippen molar-refractivity contribution in [1.29, 1.82) is 0 Å². The van der Waals surface area contributed by atoms with Crippen LogP contribution in [0.3, 0.4) is 0 Å². The van der Waals surface area contributed by atoms with Gasteiger partial charge in [-0.3, -0.25) is 0 Å². The fourth-order valence-electron chi connectivity index (χ4n) is 2.79. The van der Waals surface area contributed by atoms with Crippen LogP contribution >= 0.6 is 0 Å². The summed E-state index contributed by atoms with van der Waals surface area (Å²) in [5, 5.41) is 0. The van der Waals surface area contributed by atoms with Gasteiger partial charge in [-0.25, -0.2) is 0 Å². The van der Waals surface area contributed by atoms with Gasteiger partial charge in [0.2, 0.25) is 0 Å². The predicted molar refractivity (Wildman–Crippen MR) is 58.7 cm³/mol. The largest absolute Gasteiger partial charge is 0.370 e. The van der Waals surface area contributed by atoms with Crippen LogP contribution in [0.5, 0.6) is 0 Å². The SMILES string of the molecule is CN1C2=C(C=CCC2)C2C=CC=CC21. The average molecular weight is 185 g/mol. The molecule has 3 aliphatic rings. The smallest absolute Gasteiger partial charge is 0.0574 e. The van der Waals surface area contributed by atoms with Crippen LogP contribution in [0.1, 0.15) is 12.8 Å². The average Bonchev–Trinajstić information content (AvgIpc) is 2.55. The molecule has 72 valence electrons. The molecule has 0 aromatic carbocycles. The van der Waals surface area contributed by atoms with E-state index in [1.807, 2.05) is 0 Å². The highest BCUT2D eigenvalue weighted by atomic mass is 15.2. The molecule has 1 aliphatic heterocycles. The number of hydrogen-bond donors (Lipinski definition) is 0. The summed E-state index contributed by atoms with van der Waals surface area (Å²) in [6, 6.07) is 0.577. The third-order valence-electron chi connectivity index (χ3n) is 3.52. The summed E-state index contributed by atoms with van der Waals surface area (Å²) in [6.07, 6.45) is 16.0. The molecule has 0 radical (unpaired) electrons. The molecule has 0 bridgehead atoms. The number of fused-ring (bicyclic) bond motifs is 2. The molecule has 0 aromatic rings. The molecule has 2 unspecified atom stereocenters. The highest BCUT2D eigenvalue weighted by Gasteiger charge is 2.35. The molecule has 0 saturated heterocycles. The monoisotopic (exact) mass is 185 g/mol. The third-order valence-corrected chi connectivity index (χ3v) is 3.52. The second-order valence-electron chi connectivity index (χ2n) is 4.24. The molecule has 1 heteroatoms. The van der Waals surface area contributed by atoms with Gasteiger partial charge in [0.15, 0.2) is 0 Å². The molecule has 2 atom stereocenters.